The number of Topliss-reactive ketones (excluding diaryl/α,β-unsaturated/α-hetero) is 1. The van der Waals surface area contributed by atoms with Gasteiger partial charge in [-0.05, 0) is 23.8 Å². The molecule has 0 fully saturated rings. The summed E-state index contributed by atoms with van der Waals surface area (Å²) in [5.41, 5.74) is -0.215. The Balaban J connectivity index is 2.12. The topological polar surface area (TPSA) is 43.1 Å². The molecule has 0 saturated heterocycles. The highest BCUT2D eigenvalue weighted by atomic mass is 19.4. The molecule has 0 aliphatic rings. The van der Waals surface area contributed by atoms with Crippen molar-refractivity contribution >= 4 is 5.78 Å². The first-order valence-corrected chi connectivity index (χ1v) is 5.04. The summed E-state index contributed by atoms with van der Waals surface area (Å²) in [7, 11) is 0. The Kier molecular flexibility index (Phi) is 3.18. The van der Waals surface area contributed by atoms with Crippen LogP contribution < -0.4 is 0 Å². The normalized spacial score (nSPS) is 11.5. The minimum atomic E-state index is -4.45. The van der Waals surface area contributed by atoms with Gasteiger partial charge in [-0.2, -0.15) is 13.2 Å². The zero-order valence-corrected chi connectivity index (χ0v) is 9.07. The van der Waals surface area contributed by atoms with Crippen LogP contribution in [0, 0.1) is 0 Å². The molecule has 94 valence electrons. The van der Waals surface area contributed by atoms with Gasteiger partial charge in [-0.15, -0.1) is 0 Å². The van der Waals surface area contributed by atoms with Crippen molar-refractivity contribution in [2.24, 2.45) is 0 Å². The maximum atomic E-state index is 12.3. The lowest BCUT2D eigenvalue weighted by molar-refractivity contribution is -0.137. The van der Waals surface area contributed by atoms with E-state index in [9.17, 15) is 18.0 Å². The molecule has 0 N–H and O–H groups in total. The third kappa shape index (κ3) is 2.77. The van der Waals surface area contributed by atoms with E-state index in [1.165, 1.54) is 12.5 Å². The van der Waals surface area contributed by atoms with E-state index in [4.69, 9.17) is 4.42 Å². The van der Waals surface area contributed by atoms with Crippen molar-refractivity contribution < 1.29 is 22.4 Å². The van der Waals surface area contributed by atoms with E-state index in [2.05, 4.69) is 4.98 Å². The highest BCUT2D eigenvalue weighted by Gasteiger charge is 2.30. The molecule has 0 amide bonds. The quantitative estimate of drug-likeness (QED) is 0.791. The van der Waals surface area contributed by atoms with E-state index in [1.807, 2.05) is 0 Å². The molecule has 0 atom stereocenters. The van der Waals surface area contributed by atoms with Gasteiger partial charge in [-0.1, -0.05) is 0 Å². The smallest absolute Gasteiger partial charge is 0.417 e. The van der Waals surface area contributed by atoms with Crippen LogP contribution in [-0.4, -0.2) is 10.8 Å². The molecular formula is C12H8F3NO2. The first-order valence-electron chi connectivity index (χ1n) is 5.04. The predicted molar refractivity (Wildman–Crippen MR) is 56.0 cm³/mol. The van der Waals surface area contributed by atoms with Gasteiger partial charge in [0.1, 0.15) is 5.69 Å². The van der Waals surface area contributed by atoms with Crippen LogP contribution in [0.3, 0.4) is 0 Å². The molecule has 0 aliphatic carbocycles. The van der Waals surface area contributed by atoms with Crippen molar-refractivity contribution in [3.63, 3.8) is 0 Å². The fourth-order valence-corrected chi connectivity index (χ4v) is 1.40. The molecule has 2 heterocycles. The average Bonchev–Trinajstić information content (AvgIpc) is 2.81. The number of ketones is 1. The number of hydrogen-bond acceptors (Lipinski definition) is 3. The zero-order chi connectivity index (χ0) is 13.2. The van der Waals surface area contributed by atoms with E-state index >= 15 is 0 Å². The van der Waals surface area contributed by atoms with Crippen molar-refractivity contribution in [3.05, 3.63) is 53.7 Å². The van der Waals surface area contributed by atoms with Crippen LogP contribution in [0.4, 0.5) is 13.2 Å². The number of pyridine rings is 1. The predicted octanol–water partition coefficient (Wildman–Crippen LogP) is 3.12. The van der Waals surface area contributed by atoms with Gasteiger partial charge in [0.05, 0.1) is 18.1 Å². The van der Waals surface area contributed by atoms with Gasteiger partial charge in [0, 0.05) is 12.6 Å². The molecule has 0 spiro atoms. The first-order chi connectivity index (χ1) is 8.47. The number of furan rings is 1. The van der Waals surface area contributed by atoms with E-state index in [0.29, 0.717) is 11.8 Å². The zero-order valence-electron chi connectivity index (χ0n) is 9.07. The lowest BCUT2D eigenvalue weighted by Crippen LogP contribution is -2.09. The molecule has 2 aromatic heterocycles. The number of hydrogen-bond donors (Lipinski definition) is 0. The van der Waals surface area contributed by atoms with Gasteiger partial charge < -0.3 is 4.42 Å². The summed E-state index contributed by atoms with van der Waals surface area (Å²) in [5.74, 6) is -0.356. The number of halogens is 3. The highest BCUT2D eigenvalue weighted by Crippen LogP contribution is 2.28. The summed E-state index contributed by atoms with van der Waals surface area (Å²) in [6.45, 7) is 0. The van der Waals surface area contributed by atoms with Gasteiger partial charge in [0.25, 0.3) is 0 Å². The molecule has 0 unspecified atom stereocenters. The Morgan fingerprint density at radius 2 is 2.06 bits per heavy atom. The second-order valence-electron chi connectivity index (χ2n) is 3.66. The number of aromatic nitrogens is 1. The van der Waals surface area contributed by atoms with Crippen molar-refractivity contribution in [2.75, 3.05) is 0 Å². The lowest BCUT2D eigenvalue weighted by atomic mass is 10.1. The van der Waals surface area contributed by atoms with Crippen LogP contribution in [0.1, 0.15) is 21.6 Å². The molecule has 0 aliphatic heterocycles. The summed E-state index contributed by atoms with van der Waals surface area (Å²) in [6.07, 6.45) is -0.915. The fourth-order valence-electron chi connectivity index (χ4n) is 1.40. The largest absolute Gasteiger partial charge is 0.472 e. The van der Waals surface area contributed by atoms with Crippen LogP contribution in [-0.2, 0) is 12.6 Å². The average molecular weight is 255 g/mol. The Hall–Kier alpha value is -2.11. The summed E-state index contributed by atoms with van der Waals surface area (Å²) in [4.78, 5) is 15.2. The van der Waals surface area contributed by atoms with E-state index < -0.39 is 11.7 Å². The second-order valence-corrected chi connectivity index (χ2v) is 3.66. The molecule has 6 heteroatoms. The summed E-state index contributed by atoms with van der Waals surface area (Å²) >= 11 is 0. The Labute approximate surface area is 100 Å². The summed E-state index contributed by atoms with van der Waals surface area (Å²) in [5, 5.41) is 0. The van der Waals surface area contributed by atoms with Crippen molar-refractivity contribution in [3.8, 4) is 0 Å². The monoisotopic (exact) mass is 255 g/mol. The van der Waals surface area contributed by atoms with Crippen LogP contribution in [0.5, 0.6) is 0 Å². The molecule has 0 bridgehead atoms. The Morgan fingerprint density at radius 1 is 1.28 bits per heavy atom. The number of nitrogens with zero attached hydrogens (tertiary/aromatic N) is 1. The molecule has 0 radical (unpaired) electrons. The van der Waals surface area contributed by atoms with Crippen LogP contribution in [0.25, 0.3) is 0 Å². The summed E-state index contributed by atoms with van der Waals surface area (Å²) in [6, 6.07) is 3.53. The molecular weight excluding hydrogens is 247 g/mol. The van der Waals surface area contributed by atoms with Gasteiger partial charge >= 0.3 is 6.18 Å². The minimum Gasteiger partial charge on any atom is -0.472 e. The Bertz CT molecular complexity index is 529. The maximum absolute atomic E-state index is 12.3. The van der Waals surface area contributed by atoms with Crippen molar-refractivity contribution in [1.82, 2.24) is 4.98 Å². The van der Waals surface area contributed by atoms with E-state index in [0.717, 1.165) is 12.1 Å². The minimum absolute atomic E-state index is 0.00389. The third-order valence-electron chi connectivity index (χ3n) is 2.32. The number of alkyl halides is 3. The molecule has 2 rings (SSSR count). The number of carbonyl (C=O) groups excluding carboxylic acids is 1. The molecule has 3 nitrogen and oxygen atoms in total. The lowest BCUT2D eigenvalue weighted by Gasteiger charge is -2.06. The standard InChI is InChI=1S/C12H8F3NO2/c13-12(14,15)9-1-2-10(16-6-9)11(17)5-8-3-4-18-7-8/h1-4,6-7H,5H2. The molecule has 18 heavy (non-hydrogen) atoms. The van der Waals surface area contributed by atoms with Crippen LogP contribution in [0.15, 0.2) is 41.3 Å². The van der Waals surface area contributed by atoms with Gasteiger partial charge in [0.15, 0.2) is 5.78 Å². The van der Waals surface area contributed by atoms with Crippen LogP contribution >= 0.6 is 0 Å². The number of carbonyl (C=O) groups is 1. The van der Waals surface area contributed by atoms with Gasteiger partial charge in [-0.25, -0.2) is 0 Å². The van der Waals surface area contributed by atoms with Gasteiger partial charge in [-0.3, -0.25) is 9.78 Å². The SMILES string of the molecule is O=C(Cc1ccoc1)c1ccc(C(F)(F)F)cn1. The van der Waals surface area contributed by atoms with E-state index in [1.54, 1.807) is 6.07 Å². The van der Waals surface area contributed by atoms with Crippen molar-refractivity contribution in [2.45, 2.75) is 12.6 Å². The molecule has 2 aromatic rings. The van der Waals surface area contributed by atoms with Gasteiger partial charge in [0.2, 0.25) is 0 Å². The first kappa shape index (κ1) is 12.3. The maximum Gasteiger partial charge on any atom is 0.417 e. The van der Waals surface area contributed by atoms with Crippen LogP contribution in [0.2, 0.25) is 0 Å². The fraction of sp³-hybridized carbons (Fsp3) is 0.167. The highest BCUT2D eigenvalue weighted by molar-refractivity contribution is 5.95. The molecule has 0 aromatic carbocycles. The second kappa shape index (κ2) is 4.64. The Morgan fingerprint density at radius 3 is 2.56 bits per heavy atom. The van der Waals surface area contributed by atoms with E-state index in [-0.39, 0.29) is 17.9 Å². The third-order valence-corrected chi connectivity index (χ3v) is 2.32. The molecule has 0 saturated carbocycles. The summed E-state index contributed by atoms with van der Waals surface area (Å²) < 4.78 is 41.7. The van der Waals surface area contributed by atoms with Crippen molar-refractivity contribution in [1.29, 1.82) is 0 Å². The number of rotatable bonds is 3.